The van der Waals surface area contributed by atoms with Crippen molar-refractivity contribution in [2.45, 2.75) is 12.5 Å². The van der Waals surface area contributed by atoms with E-state index < -0.39 is 11.6 Å². The summed E-state index contributed by atoms with van der Waals surface area (Å²) >= 11 is 3.38. The van der Waals surface area contributed by atoms with Crippen LogP contribution in [-0.2, 0) is 6.42 Å². The highest BCUT2D eigenvalue weighted by atomic mass is 79.9. The van der Waals surface area contributed by atoms with Crippen LogP contribution in [0.3, 0.4) is 0 Å². The zero-order chi connectivity index (χ0) is 14.7. The van der Waals surface area contributed by atoms with Crippen molar-refractivity contribution < 1.29 is 13.5 Å². The molecular formula is C15H14BrF2NO. The molecule has 2 aromatic rings. The third kappa shape index (κ3) is 3.35. The Morgan fingerprint density at radius 1 is 1.15 bits per heavy atom. The highest BCUT2D eigenvalue weighted by Crippen LogP contribution is 2.29. The lowest BCUT2D eigenvalue weighted by atomic mass is 9.99. The lowest BCUT2D eigenvalue weighted by Gasteiger charge is -2.16. The lowest BCUT2D eigenvalue weighted by molar-refractivity contribution is 0.405. The summed E-state index contributed by atoms with van der Waals surface area (Å²) in [6.07, 6.45) is 0.393. The van der Waals surface area contributed by atoms with E-state index in [1.54, 1.807) is 7.11 Å². The summed E-state index contributed by atoms with van der Waals surface area (Å²) < 4.78 is 32.2. The molecule has 0 heterocycles. The third-order valence-corrected chi connectivity index (χ3v) is 3.52. The SMILES string of the molecule is COc1ccc(Br)cc1C(N)Cc1ccc(F)c(F)c1. The molecule has 2 nitrogen and oxygen atoms in total. The predicted octanol–water partition coefficient (Wildman–Crippen LogP) is 3.98. The highest BCUT2D eigenvalue weighted by molar-refractivity contribution is 9.10. The summed E-state index contributed by atoms with van der Waals surface area (Å²) in [5, 5.41) is 0. The van der Waals surface area contributed by atoms with Gasteiger partial charge in [0.2, 0.25) is 0 Å². The zero-order valence-electron chi connectivity index (χ0n) is 10.9. The number of halogens is 3. The summed E-state index contributed by atoms with van der Waals surface area (Å²) in [5.41, 5.74) is 7.59. The van der Waals surface area contributed by atoms with E-state index in [9.17, 15) is 8.78 Å². The standard InChI is InChI=1S/C15H14BrF2NO/c1-20-15-5-3-10(16)8-11(15)14(19)7-9-2-4-12(17)13(18)6-9/h2-6,8,14H,7,19H2,1H3. The van der Waals surface area contributed by atoms with E-state index in [-0.39, 0.29) is 6.04 Å². The Bertz CT molecular complexity index is 619. The quantitative estimate of drug-likeness (QED) is 0.912. The Kier molecular flexibility index (Phi) is 4.73. The van der Waals surface area contributed by atoms with Crippen LogP contribution in [0.25, 0.3) is 0 Å². The average molecular weight is 342 g/mol. The van der Waals surface area contributed by atoms with Gasteiger partial charge in [-0.15, -0.1) is 0 Å². The molecule has 0 aliphatic heterocycles. The van der Waals surface area contributed by atoms with Crippen LogP contribution >= 0.6 is 15.9 Å². The Morgan fingerprint density at radius 3 is 2.55 bits per heavy atom. The van der Waals surface area contributed by atoms with Gasteiger partial charge < -0.3 is 10.5 Å². The summed E-state index contributed by atoms with van der Waals surface area (Å²) in [4.78, 5) is 0. The van der Waals surface area contributed by atoms with Crippen molar-refractivity contribution in [3.8, 4) is 5.75 Å². The van der Waals surface area contributed by atoms with Crippen molar-refractivity contribution in [3.05, 3.63) is 63.6 Å². The first-order valence-electron chi connectivity index (χ1n) is 6.04. The van der Waals surface area contributed by atoms with Crippen LogP contribution in [0.1, 0.15) is 17.2 Å². The molecule has 0 saturated heterocycles. The first-order chi connectivity index (χ1) is 9.51. The van der Waals surface area contributed by atoms with Gasteiger partial charge >= 0.3 is 0 Å². The van der Waals surface area contributed by atoms with Gasteiger partial charge in [-0.2, -0.15) is 0 Å². The molecule has 106 valence electrons. The van der Waals surface area contributed by atoms with Crippen molar-refractivity contribution in [1.82, 2.24) is 0 Å². The molecule has 0 saturated carbocycles. The van der Waals surface area contributed by atoms with Gasteiger partial charge in [0.15, 0.2) is 11.6 Å². The van der Waals surface area contributed by atoms with Gasteiger partial charge in [-0.05, 0) is 42.3 Å². The van der Waals surface area contributed by atoms with E-state index in [4.69, 9.17) is 10.5 Å². The number of ether oxygens (including phenoxy) is 1. The molecule has 0 aliphatic rings. The third-order valence-electron chi connectivity index (χ3n) is 3.03. The fraction of sp³-hybridized carbons (Fsp3) is 0.200. The smallest absolute Gasteiger partial charge is 0.159 e. The van der Waals surface area contributed by atoms with Crippen LogP contribution < -0.4 is 10.5 Å². The van der Waals surface area contributed by atoms with E-state index in [1.807, 2.05) is 18.2 Å². The minimum Gasteiger partial charge on any atom is -0.496 e. The van der Waals surface area contributed by atoms with E-state index >= 15 is 0 Å². The molecule has 1 atom stereocenters. The zero-order valence-corrected chi connectivity index (χ0v) is 12.5. The van der Waals surface area contributed by atoms with E-state index in [1.165, 1.54) is 12.1 Å². The van der Waals surface area contributed by atoms with Gasteiger partial charge in [0.05, 0.1) is 7.11 Å². The lowest BCUT2D eigenvalue weighted by Crippen LogP contribution is -2.14. The maximum absolute atomic E-state index is 13.2. The maximum Gasteiger partial charge on any atom is 0.159 e. The Labute approximate surface area is 124 Å². The van der Waals surface area contributed by atoms with Gasteiger partial charge in [0.25, 0.3) is 0 Å². The van der Waals surface area contributed by atoms with Crippen molar-refractivity contribution in [2.24, 2.45) is 5.73 Å². The van der Waals surface area contributed by atoms with Gasteiger partial charge in [0, 0.05) is 16.1 Å². The van der Waals surface area contributed by atoms with Gasteiger partial charge in [-0.1, -0.05) is 22.0 Å². The molecule has 20 heavy (non-hydrogen) atoms. The number of nitrogens with two attached hydrogens (primary N) is 1. The molecule has 0 radical (unpaired) electrons. The molecule has 5 heteroatoms. The fourth-order valence-electron chi connectivity index (χ4n) is 2.03. The van der Waals surface area contributed by atoms with Crippen molar-refractivity contribution in [1.29, 1.82) is 0 Å². The largest absolute Gasteiger partial charge is 0.496 e. The van der Waals surface area contributed by atoms with E-state index in [0.29, 0.717) is 17.7 Å². The fourth-order valence-corrected chi connectivity index (χ4v) is 2.40. The van der Waals surface area contributed by atoms with Crippen LogP contribution in [0.4, 0.5) is 8.78 Å². The van der Waals surface area contributed by atoms with Crippen molar-refractivity contribution in [3.63, 3.8) is 0 Å². The first kappa shape index (κ1) is 14.9. The van der Waals surface area contributed by atoms with E-state index in [0.717, 1.165) is 16.1 Å². The Hall–Kier alpha value is -1.46. The van der Waals surface area contributed by atoms with Gasteiger partial charge in [-0.25, -0.2) is 8.78 Å². The predicted molar refractivity (Wildman–Crippen MR) is 77.7 cm³/mol. The highest BCUT2D eigenvalue weighted by Gasteiger charge is 2.14. The molecule has 0 aliphatic carbocycles. The number of methoxy groups -OCH3 is 1. The molecular weight excluding hydrogens is 328 g/mol. The average Bonchev–Trinajstić information content (AvgIpc) is 2.43. The Balaban J connectivity index is 2.25. The molecule has 1 unspecified atom stereocenters. The van der Waals surface area contributed by atoms with Gasteiger partial charge in [0.1, 0.15) is 5.75 Å². The van der Waals surface area contributed by atoms with Crippen LogP contribution in [0.15, 0.2) is 40.9 Å². The monoisotopic (exact) mass is 341 g/mol. The second-order valence-corrected chi connectivity index (χ2v) is 5.36. The van der Waals surface area contributed by atoms with E-state index in [2.05, 4.69) is 15.9 Å². The molecule has 2 N–H and O–H groups in total. The number of benzene rings is 2. The second-order valence-electron chi connectivity index (χ2n) is 4.45. The first-order valence-corrected chi connectivity index (χ1v) is 6.83. The topological polar surface area (TPSA) is 35.2 Å². The normalized spacial score (nSPS) is 12.2. The minimum absolute atomic E-state index is 0.368. The summed E-state index contributed by atoms with van der Waals surface area (Å²) in [5.74, 6) is -1.05. The van der Waals surface area contributed by atoms with Crippen LogP contribution in [0.2, 0.25) is 0 Å². The molecule has 0 aromatic heterocycles. The molecule has 0 fully saturated rings. The Morgan fingerprint density at radius 2 is 1.90 bits per heavy atom. The number of hydrogen-bond acceptors (Lipinski definition) is 2. The second kappa shape index (κ2) is 6.33. The van der Waals surface area contributed by atoms with Crippen LogP contribution in [-0.4, -0.2) is 7.11 Å². The number of rotatable bonds is 4. The van der Waals surface area contributed by atoms with Crippen LogP contribution in [0, 0.1) is 11.6 Å². The van der Waals surface area contributed by atoms with Crippen LogP contribution in [0.5, 0.6) is 5.75 Å². The maximum atomic E-state index is 13.2. The van der Waals surface area contributed by atoms with Gasteiger partial charge in [-0.3, -0.25) is 0 Å². The summed E-state index contributed by atoms with van der Waals surface area (Å²) in [6.45, 7) is 0. The molecule has 0 amide bonds. The molecule has 0 bridgehead atoms. The van der Waals surface area contributed by atoms with Crippen molar-refractivity contribution >= 4 is 15.9 Å². The number of hydrogen-bond donors (Lipinski definition) is 1. The summed E-state index contributed by atoms with van der Waals surface area (Å²) in [6, 6.07) is 8.96. The summed E-state index contributed by atoms with van der Waals surface area (Å²) in [7, 11) is 1.57. The molecule has 2 rings (SSSR count). The van der Waals surface area contributed by atoms with Crippen molar-refractivity contribution in [2.75, 3.05) is 7.11 Å². The molecule has 2 aromatic carbocycles. The minimum atomic E-state index is -0.865. The molecule has 0 spiro atoms.